The van der Waals surface area contributed by atoms with E-state index < -0.39 is 0 Å². The third-order valence-corrected chi connectivity index (χ3v) is 3.66. The molecule has 9 heteroatoms. The molecule has 1 aliphatic heterocycles. The average molecular weight is 315 g/mol. The van der Waals surface area contributed by atoms with Gasteiger partial charge >= 0.3 is 6.03 Å². The van der Waals surface area contributed by atoms with Gasteiger partial charge in [0.2, 0.25) is 11.7 Å². The molecular weight excluding hydrogens is 298 g/mol. The van der Waals surface area contributed by atoms with Crippen LogP contribution in [0.2, 0.25) is 0 Å². The Hall–Kier alpha value is -2.97. The van der Waals surface area contributed by atoms with E-state index in [9.17, 15) is 9.59 Å². The minimum atomic E-state index is -0.182. The van der Waals surface area contributed by atoms with E-state index in [1.807, 2.05) is 24.3 Å². The van der Waals surface area contributed by atoms with Crippen LogP contribution in [0.1, 0.15) is 5.56 Å². The molecule has 23 heavy (non-hydrogen) atoms. The van der Waals surface area contributed by atoms with Crippen LogP contribution in [0.3, 0.4) is 0 Å². The van der Waals surface area contributed by atoms with Gasteiger partial charge in [0.05, 0.1) is 0 Å². The largest absolute Gasteiger partial charge is 0.350 e. The second-order valence-corrected chi connectivity index (χ2v) is 5.34. The Balaban J connectivity index is 1.55. The van der Waals surface area contributed by atoms with E-state index in [1.165, 1.54) is 4.90 Å². The van der Waals surface area contributed by atoms with E-state index in [1.54, 1.807) is 11.9 Å². The van der Waals surface area contributed by atoms with Crippen LogP contribution in [0.4, 0.5) is 4.79 Å². The van der Waals surface area contributed by atoms with Crippen LogP contribution >= 0.6 is 0 Å². The molecule has 0 radical (unpaired) electrons. The fourth-order valence-corrected chi connectivity index (χ4v) is 2.38. The van der Waals surface area contributed by atoms with Crippen LogP contribution < -0.4 is 5.32 Å². The maximum Gasteiger partial charge on any atom is 0.320 e. The Kier molecular flexibility index (Phi) is 4.18. The lowest BCUT2D eigenvalue weighted by Crippen LogP contribution is -2.39. The first-order chi connectivity index (χ1) is 11.1. The molecule has 1 aromatic heterocycles. The van der Waals surface area contributed by atoms with Crippen molar-refractivity contribution in [3.63, 3.8) is 0 Å². The van der Waals surface area contributed by atoms with E-state index >= 15 is 0 Å². The van der Waals surface area contributed by atoms with Crippen LogP contribution in [0.25, 0.3) is 11.4 Å². The van der Waals surface area contributed by atoms with E-state index in [-0.39, 0.29) is 18.5 Å². The zero-order valence-electron chi connectivity index (χ0n) is 12.7. The zero-order chi connectivity index (χ0) is 16.2. The van der Waals surface area contributed by atoms with Crippen LogP contribution in [-0.4, -0.2) is 69.0 Å². The lowest BCUT2D eigenvalue weighted by atomic mass is 10.1. The monoisotopic (exact) mass is 315 g/mol. The highest BCUT2D eigenvalue weighted by molar-refractivity contribution is 5.84. The van der Waals surface area contributed by atoms with Gasteiger partial charge in [-0.1, -0.05) is 18.2 Å². The van der Waals surface area contributed by atoms with Gasteiger partial charge in [-0.25, -0.2) is 4.79 Å². The van der Waals surface area contributed by atoms with Crippen LogP contribution in [0.15, 0.2) is 24.3 Å². The molecule has 2 aromatic rings. The minimum Gasteiger partial charge on any atom is -0.350 e. The van der Waals surface area contributed by atoms with Crippen LogP contribution in [0, 0.1) is 0 Å². The molecule has 0 unspecified atom stereocenters. The Morgan fingerprint density at radius 2 is 2.26 bits per heavy atom. The smallest absolute Gasteiger partial charge is 0.320 e. The van der Waals surface area contributed by atoms with E-state index in [0.717, 1.165) is 11.1 Å². The molecule has 0 saturated carbocycles. The number of amides is 3. The average Bonchev–Trinajstić information content (AvgIpc) is 3.19. The Morgan fingerprint density at radius 1 is 1.39 bits per heavy atom. The number of rotatable bonds is 5. The highest BCUT2D eigenvalue weighted by atomic mass is 16.2. The Bertz CT molecular complexity index is 701. The van der Waals surface area contributed by atoms with Crippen molar-refractivity contribution in [2.75, 3.05) is 26.7 Å². The second-order valence-electron chi connectivity index (χ2n) is 5.34. The molecule has 0 bridgehead atoms. The maximum absolute atomic E-state index is 12.0. The molecule has 1 fully saturated rings. The van der Waals surface area contributed by atoms with Crippen LogP contribution in [-0.2, 0) is 11.3 Å². The number of urea groups is 1. The molecule has 3 amide bonds. The molecular formula is C14H17N7O2. The highest BCUT2D eigenvalue weighted by Gasteiger charge is 2.26. The lowest BCUT2D eigenvalue weighted by Gasteiger charge is -2.15. The first kappa shape index (κ1) is 14.9. The number of hydrogen-bond acceptors (Lipinski definition) is 5. The fraction of sp³-hybridized carbons (Fsp3) is 0.357. The van der Waals surface area contributed by atoms with Gasteiger partial charge in [0.1, 0.15) is 6.54 Å². The molecule has 0 atom stereocenters. The van der Waals surface area contributed by atoms with Gasteiger partial charge in [0.25, 0.3) is 0 Å². The molecule has 3 rings (SSSR count). The van der Waals surface area contributed by atoms with Crippen LogP contribution in [0.5, 0.6) is 0 Å². The van der Waals surface area contributed by atoms with E-state index in [2.05, 4.69) is 25.9 Å². The number of benzene rings is 1. The highest BCUT2D eigenvalue weighted by Crippen LogP contribution is 2.14. The van der Waals surface area contributed by atoms with E-state index in [0.29, 0.717) is 25.5 Å². The fourth-order valence-electron chi connectivity index (χ4n) is 2.38. The number of likely N-dealkylation sites (N-methyl/N-ethyl adjacent to an activating group) is 1. The standard InChI is InChI=1S/C14H17N7O2/c1-20-5-6-21(14(20)23)9-12(22)15-8-10-3-2-4-11(7-10)13-16-18-19-17-13/h2-4,7H,5-6,8-9H2,1H3,(H,15,22)(H,16,17,18,19). The van der Waals surface area contributed by atoms with Crippen molar-refractivity contribution in [3.8, 4) is 11.4 Å². The molecule has 0 aliphatic carbocycles. The predicted octanol–water partition coefficient (Wildman–Crippen LogP) is -0.150. The summed E-state index contributed by atoms with van der Waals surface area (Å²) in [5.41, 5.74) is 1.74. The first-order valence-electron chi connectivity index (χ1n) is 7.23. The molecule has 1 aliphatic rings. The van der Waals surface area contributed by atoms with Crippen molar-refractivity contribution in [1.82, 2.24) is 35.7 Å². The third-order valence-electron chi connectivity index (χ3n) is 3.66. The molecule has 1 saturated heterocycles. The van der Waals surface area contributed by atoms with Crippen molar-refractivity contribution in [3.05, 3.63) is 29.8 Å². The summed E-state index contributed by atoms with van der Waals surface area (Å²) in [6, 6.07) is 7.42. The molecule has 9 nitrogen and oxygen atoms in total. The number of carbonyl (C=O) groups is 2. The van der Waals surface area contributed by atoms with Crippen molar-refractivity contribution in [2.24, 2.45) is 0 Å². The summed E-state index contributed by atoms with van der Waals surface area (Å²) in [5.74, 6) is 0.322. The Morgan fingerprint density at radius 3 is 2.96 bits per heavy atom. The number of aromatic amines is 1. The van der Waals surface area contributed by atoms with Gasteiger partial charge in [0.15, 0.2) is 0 Å². The summed E-state index contributed by atoms with van der Waals surface area (Å²) in [5, 5.41) is 16.6. The Labute approximate surface area is 132 Å². The second kappa shape index (κ2) is 6.42. The third kappa shape index (κ3) is 3.44. The predicted molar refractivity (Wildman–Crippen MR) is 81.1 cm³/mol. The summed E-state index contributed by atoms with van der Waals surface area (Å²) in [6.07, 6.45) is 0. The summed E-state index contributed by atoms with van der Waals surface area (Å²) in [7, 11) is 1.73. The first-order valence-corrected chi connectivity index (χ1v) is 7.23. The molecule has 1 aromatic carbocycles. The number of aromatic nitrogens is 4. The van der Waals surface area contributed by atoms with Crippen molar-refractivity contribution >= 4 is 11.9 Å². The molecule has 120 valence electrons. The molecule has 0 spiro atoms. The van der Waals surface area contributed by atoms with Gasteiger partial charge in [-0.15, -0.1) is 10.2 Å². The molecule has 2 heterocycles. The van der Waals surface area contributed by atoms with Gasteiger partial charge in [-0.3, -0.25) is 4.79 Å². The van der Waals surface area contributed by atoms with Gasteiger partial charge < -0.3 is 15.1 Å². The normalized spacial score (nSPS) is 14.4. The topological polar surface area (TPSA) is 107 Å². The quantitative estimate of drug-likeness (QED) is 0.798. The SMILES string of the molecule is CN1CCN(CC(=O)NCc2cccc(-c3nn[nH]n3)c2)C1=O. The molecule has 2 N–H and O–H groups in total. The minimum absolute atomic E-state index is 0.0771. The van der Waals surface area contributed by atoms with Crippen molar-refractivity contribution in [1.29, 1.82) is 0 Å². The number of nitrogens with one attached hydrogen (secondary N) is 2. The van der Waals surface area contributed by atoms with Crippen molar-refractivity contribution in [2.45, 2.75) is 6.54 Å². The maximum atomic E-state index is 12.0. The number of carbonyl (C=O) groups excluding carboxylic acids is 2. The number of nitrogens with zero attached hydrogens (tertiary/aromatic N) is 5. The van der Waals surface area contributed by atoms with Crippen molar-refractivity contribution < 1.29 is 9.59 Å². The summed E-state index contributed by atoms with van der Waals surface area (Å²) in [4.78, 5) is 26.8. The number of tetrazole rings is 1. The van der Waals surface area contributed by atoms with Gasteiger partial charge in [-0.2, -0.15) is 5.21 Å². The number of hydrogen-bond donors (Lipinski definition) is 2. The zero-order valence-corrected chi connectivity index (χ0v) is 12.7. The lowest BCUT2D eigenvalue weighted by molar-refractivity contribution is -0.121. The van der Waals surface area contributed by atoms with Gasteiger partial charge in [0, 0.05) is 32.2 Å². The summed E-state index contributed by atoms with van der Waals surface area (Å²) < 4.78 is 0. The van der Waals surface area contributed by atoms with Gasteiger partial charge in [-0.05, 0) is 16.8 Å². The summed E-state index contributed by atoms with van der Waals surface area (Å²) in [6.45, 7) is 1.69. The number of H-pyrrole nitrogens is 1. The summed E-state index contributed by atoms with van der Waals surface area (Å²) >= 11 is 0. The van der Waals surface area contributed by atoms with E-state index in [4.69, 9.17) is 0 Å².